The van der Waals surface area contributed by atoms with Crippen molar-refractivity contribution in [1.82, 2.24) is 9.97 Å². The largest absolute Gasteiger partial charge is 0.310 e. The highest BCUT2D eigenvalue weighted by atomic mass is 16.1. The summed E-state index contributed by atoms with van der Waals surface area (Å²) in [6.07, 6.45) is 6.14. The van der Waals surface area contributed by atoms with Gasteiger partial charge in [-0.2, -0.15) is 5.26 Å². The minimum atomic E-state index is -0.145. The van der Waals surface area contributed by atoms with E-state index in [1.807, 2.05) is 12.1 Å². The van der Waals surface area contributed by atoms with Crippen molar-refractivity contribution in [3.8, 4) is 17.9 Å². The van der Waals surface area contributed by atoms with Crippen LogP contribution in [0, 0.1) is 23.2 Å². The third-order valence-corrected chi connectivity index (χ3v) is 2.71. The van der Waals surface area contributed by atoms with Crippen LogP contribution in [0.4, 0.5) is 5.82 Å². The molecule has 0 spiro atoms. The summed E-state index contributed by atoms with van der Waals surface area (Å²) in [4.78, 5) is 20.0. The van der Waals surface area contributed by atoms with E-state index in [4.69, 9.17) is 5.26 Å². The molecule has 2 rings (SSSR count). The van der Waals surface area contributed by atoms with Crippen LogP contribution in [0.5, 0.6) is 0 Å². The van der Waals surface area contributed by atoms with Crippen molar-refractivity contribution in [2.24, 2.45) is 0 Å². The van der Waals surface area contributed by atoms with Gasteiger partial charge < -0.3 is 5.32 Å². The summed E-state index contributed by atoms with van der Waals surface area (Å²) in [5.41, 5.74) is 1.60. The fourth-order valence-corrected chi connectivity index (χ4v) is 1.70. The van der Waals surface area contributed by atoms with E-state index in [-0.39, 0.29) is 12.3 Å². The zero-order valence-electron chi connectivity index (χ0n) is 11.9. The highest BCUT2D eigenvalue weighted by Crippen LogP contribution is 2.06. The van der Waals surface area contributed by atoms with Crippen LogP contribution in [0.1, 0.15) is 24.0 Å². The van der Waals surface area contributed by atoms with E-state index >= 15 is 0 Å². The number of pyridine rings is 2. The first kappa shape index (κ1) is 15.2. The summed E-state index contributed by atoms with van der Waals surface area (Å²) in [6.45, 7) is 0. The molecular formula is C17H14N4O. The third kappa shape index (κ3) is 5.07. The Kier molecular flexibility index (Phi) is 5.66. The number of anilines is 1. The lowest BCUT2D eigenvalue weighted by molar-refractivity contribution is -0.115. The minimum absolute atomic E-state index is 0.145. The number of aromatic nitrogens is 2. The van der Waals surface area contributed by atoms with Gasteiger partial charge in [-0.1, -0.05) is 17.9 Å². The molecule has 0 aromatic carbocycles. The lowest BCUT2D eigenvalue weighted by atomic mass is 10.2. The first-order valence-corrected chi connectivity index (χ1v) is 6.78. The number of nitrogens with zero attached hydrogens (tertiary/aromatic N) is 3. The van der Waals surface area contributed by atoms with Crippen LogP contribution in [0.15, 0.2) is 42.9 Å². The Morgan fingerprint density at radius 1 is 1.23 bits per heavy atom. The van der Waals surface area contributed by atoms with Crippen molar-refractivity contribution in [3.05, 3.63) is 54.0 Å². The molecule has 2 heterocycles. The molecule has 0 atom stereocenters. The third-order valence-electron chi connectivity index (χ3n) is 2.71. The lowest BCUT2D eigenvalue weighted by Crippen LogP contribution is -2.15. The Balaban J connectivity index is 1.89. The Morgan fingerprint density at radius 3 is 2.82 bits per heavy atom. The van der Waals surface area contributed by atoms with E-state index in [0.717, 1.165) is 11.1 Å². The molecule has 2 aromatic rings. The summed E-state index contributed by atoms with van der Waals surface area (Å²) in [5, 5.41) is 11.1. The second-order valence-corrected chi connectivity index (χ2v) is 4.48. The number of nitrogens with one attached hydrogen (secondary N) is 1. The van der Waals surface area contributed by atoms with Gasteiger partial charge in [0.25, 0.3) is 0 Å². The Hall–Kier alpha value is -3.18. The molecule has 5 nitrogen and oxygen atoms in total. The molecule has 0 bridgehead atoms. The average Bonchev–Trinajstić information content (AvgIpc) is 2.54. The van der Waals surface area contributed by atoms with Crippen molar-refractivity contribution in [1.29, 1.82) is 5.26 Å². The van der Waals surface area contributed by atoms with E-state index in [1.54, 1.807) is 36.8 Å². The van der Waals surface area contributed by atoms with Gasteiger partial charge in [0.05, 0.1) is 12.5 Å². The standard InChI is InChI=1S/C17H14N4O/c18-9-3-1-2-5-14-7-8-16(20-13-14)21-17(22)11-15-6-4-10-19-12-15/h4,6-8,10,12-13H,1,3,11H2,(H,20,21,22). The van der Waals surface area contributed by atoms with Gasteiger partial charge in [0, 0.05) is 37.0 Å². The summed E-state index contributed by atoms with van der Waals surface area (Å²) < 4.78 is 0. The van der Waals surface area contributed by atoms with E-state index in [2.05, 4.69) is 27.1 Å². The number of carbonyl (C=O) groups excluding carboxylic acids is 1. The van der Waals surface area contributed by atoms with E-state index in [1.165, 1.54) is 0 Å². The molecule has 0 aliphatic carbocycles. The summed E-state index contributed by atoms with van der Waals surface area (Å²) in [7, 11) is 0. The smallest absolute Gasteiger partial charge is 0.230 e. The van der Waals surface area contributed by atoms with Crippen LogP contribution in [0.25, 0.3) is 0 Å². The number of rotatable bonds is 4. The maximum Gasteiger partial charge on any atom is 0.230 e. The van der Waals surface area contributed by atoms with Gasteiger partial charge in [-0.25, -0.2) is 4.98 Å². The quantitative estimate of drug-likeness (QED) is 0.692. The van der Waals surface area contributed by atoms with Crippen molar-refractivity contribution in [2.75, 3.05) is 5.32 Å². The molecule has 0 radical (unpaired) electrons. The molecule has 0 aliphatic rings. The molecule has 108 valence electrons. The van der Waals surface area contributed by atoms with Crippen molar-refractivity contribution >= 4 is 11.7 Å². The molecule has 1 N–H and O–H groups in total. The fraction of sp³-hybridized carbons (Fsp3) is 0.176. The topological polar surface area (TPSA) is 78.7 Å². The van der Waals surface area contributed by atoms with Gasteiger partial charge >= 0.3 is 0 Å². The molecule has 0 saturated carbocycles. The molecule has 0 aliphatic heterocycles. The SMILES string of the molecule is N#CCCC#Cc1ccc(NC(=O)Cc2cccnc2)nc1. The van der Waals surface area contributed by atoms with E-state index in [9.17, 15) is 4.79 Å². The van der Waals surface area contributed by atoms with Crippen LogP contribution in [-0.2, 0) is 11.2 Å². The Bertz CT molecular complexity index is 721. The Morgan fingerprint density at radius 2 is 2.14 bits per heavy atom. The Labute approximate surface area is 129 Å². The van der Waals surface area contributed by atoms with Crippen LogP contribution >= 0.6 is 0 Å². The monoisotopic (exact) mass is 290 g/mol. The van der Waals surface area contributed by atoms with E-state index in [0.29, 0.717) is 18.7 Å². The summed E-state index contributed by atoms with van der Waals surface area (Å²) >= 11 is 0. The summed E-state index contributed by atoms with van der Waals surface area (Å²) in [6, 6.07) is 9.16. The minimum Gasteiger partial charge on any atom is -0.310 e. The average molecular weight is 290 g/mol. The zero-order chi connectivity index (χ0) is 15.6. The van der Waals surface area contributed by atoms with Gasteiger partial charge in [-0.3, -0.25) is 9.78 Å². The predicted octanol–water partition coefficient (Wildman–Crippen LogP) is 2.31. The van der Waals surface area contributed by atoms with Crippen molar-refractivity contribution in [3.63, 3.8) is 0 Å². The van der Waals surface area contributed by atoms with Gasteiger partial charge in [-0.05, 0) is 23.8 Å². The number of amides is 1. The highest BCUT2D eigenvalue weighted by molar-refractivity contribution is 5.91. The van der Waals surface area contributed by atoms with Crippen LogP contribution in [0.2, 0.25) is 0 Å². The van der Waals surface area contributed by atoms with Gasteiger partial charge in [0.2, 0.25) is 5.91 Å². The first-order valence-electron chi connectivity index (χ1n) is 6.78. The molecule has 22 heavy (non-hydrogen) atoms. The second kappa shape index (κ2) is 8.18. The number of unbranched alkanes of at least 4 members (excludes halogenated alkanes) is 1. The zero-order valence-corrected chi connectivity index (χ0v) is 11.9. The number of nitriles is 1. The molecule has 1 amide bonds. The maximum absolute atomic E-state index is 11.9. The van der Waals surface area contributed by atoms with Crippen molar-refractivity contribution in [2.45, 2.75) is 19.3 Å². The van der Waals surface area contributed by atoms with Crippen LogP contribution in [-0.4, -0.2) is 15.9 Å². The molecule has 0 saturated heterocycles. The van der Waals surface area contributed by atoms with Gasteiger partial charge in [0.1, 0.15) is 5.82 Å². The molecule has 0 unspecified atom stereocenters. The molecule has 0 fully saturated rings. The number of hydrogen-bond acceptors (Lipinski definition) is 4. The van der Waals surface area contributed by atoms with Gasteiger partial charge in [-0.15, -0.1) is 0 Å². The van der Waals surface area contributed by atoms with Gasteiger partial charge in [0.15, 0.2) is 0 Å². The van der Waals surface area contributed by atoms with E-state index < -0.39 is 0 Å². The van der Waals surface area contributed by atoms with Crippen LogP contribution in [0.3, 0.4) is 0 Å². The predicted molar refractivity (Wildman–Crippen MR) is 82.5 cm³/mol. The molecular weight excluding hydrogens is 276 g/mol. The fourth-order valence-electron chi connectivity index (χ4n) is 1.70. The maximum atomic E-state index is 11.9. The normalized spacial score (nSPS) is 9.23. The van der Waals surface area contributed by atoms with Crippen LogP contribution < -0.4 is 5.32 Å². The van der Waals surface area contributed by atoms with Crippen molar-refractivity contribution < 1.29 is 4.79 Å². The molecule has 2 aromatic heterocycles. The summed E-state index contributed by atoms with van der Waals surface area (Å²) in [5.74, 6) is 6.14. The molecule has 5 heteroatoms. The number of hydrogen-bond donors (Lipinski definition) is 1. The lowest BCUT2D eigenvalue weighted by Gasteiger charge is -2.04. The first-order chi connectivity index (χ1) is 10.8. The second-order valence-electron chi connectivity index (χ2n) is 4.48. The highest BCUT2D eigenvalue weighted by Gasteiger charge is 2.04. The number of carbonyl (C=O) groups is 1.